The van der Waals surface area contributed by atoms with Gasteiger partial charge in [-0.25, -0.2) is 5.10 Å². The Morgan fingerprint density at radius 3 is 2.13 bits per heavy atom. The second kappa shape index (κ2) is 9.12. The normalized spacial score (nSPS) is 11.7. The number of tetrazole rings is 1. The van der Waals surface area contributed by atoms with E-state index >= 15 is 0 Å². The number of nitrogens with one attached hydrogen (secondary N) is 3. The third-order valence-electron chi connectivity index (χ3n) is 5.61. The summed E-state index contributed by atoms with van der Waals surface area (Å²) in [5.41, 5.74) is 9.96. The molecule has 1 heterocycles. The molecule has 1 amide bonds. The molecule has 0 aliphatic rings. The van der Waals surface area contributed by atoms with Crippen LogP contribution in [0.15, 0.2) is 29.8 Å². The predicted molar refractivity (Wildman–Crippen MR) is 126 cm³/mol. The van der Waals surface area contributed by atoms with Gasteiger partial charge in [-0.3, -0.25) is 10.1 Å². The first-order valence-corrected chi connectivity index (χ1v) is 10.4. The number of aromatic nitrogens is 4. The average Bonchev–Trinajstić information content (AvgIpc) is 3.23. The van der Waals surface area contributed by atoms with Gasteiger partial charge in [-0.2, -0.15) is 0 Å². The van der Waals surface area contributed by atoms with Gasteiger partial charge in [-0.1, -0.05) is 17.2 Å². The molecule has 31 heavy (non-hydrogen) atoms. The highest BCUT2D eigenvalue weighted by atomic mass is 16.1. The fourth-order valence-electron chi connectivity index (χ4n) is 3.76. The molecule has 0 spiro atoms. The van der Waals surface area contributed by atoms with E-state index < -0.39 is 0 Å². The Morgan fingerprint density at radius 2 is 1.61 bits per heavy atom. The number of H-pyrrole nitrogens is 1. The maximum absolute atomic E-state index is 12.5. The minimum absolute atomic E-state index is 0.226. The zero-order valence-electron chi connectivity index (χ0n) is 19.2. The molecule has 0 unspecified atom stereocenters. The van der Waals surface area contributed by atoms with Gasteiger partial charge in [0.25, 0.3) is 5.91 Å². The summed E-state index contributed by atoms with van der Waals surface area (Å²) in [5.74, 6) is -0.0192. The minimum Gasteiger partial charge on any atom is -0.383 e. The molecule has 162 valence electrons. The van der Waals surface area contributed by atoms with Crippen molar-refractivity contribution in [2.45, 2.75) is 54.5 Å². The van der Waals surface area contributed by atoms with Crippen molar-refractivity contribution in [3.05, 3.63) is 57.7 Å². The number of amides is 1. The molecule has 3 aromatic rings. The van der Waals surface area contributed by atoms with Crippen LogP contribution in [-0.2, 0) is 4.79 Å². The highest BCUT2D eigenvalue weighted by molar-refractivity contribution is 6.05. The summed E-state index contributed by atoms with van der Waals surface area (Å²) in [7, 11) is 0. The molecular weight excluding hydrogens is 388 g/mol. The van der Waals surface area contributed by atoms with Crippen molar-refractivity contribution in [2.24, 2.45) is 0 Å². The fourth-order valence-corrected chi connectivity index (χ4v) is 3.76. The molecule has 3 rings (SSSR count). The van der Waals surface area contributed by atoms with E-state index in [0.29, 0.717) is 11.6 Å². The molecule has 0 bridgehead atoms. The zero-order valence-corrected chi connectivity index (χ0v) is 19.2. The number of hydrogen-bond donors (Lipinski definition) is 3. The SMILES string of the molecule is C/C(=C\c1c(C)c(C)c(-c2ccc(NC(C)C)cc2)c(C)c1C)C(=O)Nc1nnn[nH]1. The van der Waals surface area contributed by atoms with E-state index in [9.17, 15) is 4.79 Å². The molecular formula is C24H30N6O. The summed E-state index contributed by atoms with van der Waals surface area (Å²) in [5, 5.41) is 19.3. The van der Waals surface area contributed by atoms with Crippen molar-refractivity contribution >= 4 is 23.6 Å². The number of carbonyl (C=O) groups is 1. The highest BCUT2D eigenvalue weighted by Crippen LogP contribution is 2.35. The van der Waals surface area contributed by atoms with Crippen molar-refractivity contribution in [3.63, 3.8) is 0 Å². The predicted octanol–water partition coefficient (Wildman–Crippen LogP) is 4.96. The van der Waals surface area contributed by atoms with Gasteiger partial charge < -0.3 is 5.32 Å². The second-order valence-corrected chi connectivity index (χ2v) is 8.20. The summed E-state index contributed by atoms with van der Waals surface area (Å²) < 4.78 is 0. The Balaban J connectivity index is 1.97. The maximum Gasteiger partial charge on any atom is 0.253 e. The second-order valence-electron chi connectivity index (χ2n) is 8.20. The smallest absolute Gasteiger partial charge is 0.253 e. The van der Waals surface area contributed by atoms with E-state index in [1.165, 1.54) is 22.3 Å². The van der Waals surface area contributed by atoms with Gasteiger partial charge >= 0.3 is 0 Å². The molecule has 2 aromatic carbocycles. The summed E-state index contributed by atoms with van der Waals surface area (Å²) in [6.45, 7) is 14.6. The van der Waals surface area contributed by atoms with Crippen molar-refractivity contribution in [1.82, 2.24) is 20.6 Å². The van der Waals surface area contributed by atoms with Crippen molar-refractivity contribution < 1.29 is 4.79 Å². The number of rotatable bonds is 6. The number of hydrogen-bond acceptors (Lipinski definition) is 5. The monoisotopic (exact) mass is 418 g/mol. The van der Waals surface area contributed by atoms with Gasteiger partial charge in [0.1, 0.15) is 0 Å². The van der Waals surface area contributed by atoms with E-state index in [1.54, 1.807) is 6.92 Å². The Labute approximate surface area is 183 Å². The van der Waals surface area contributed by atoms with Crippen LogP contribution < -0.4 is 10.6 Å². The first-order valence-electron chi connectivity index (χ1n) is 10.4. The molecule has 1 aromatic heterocycles. The molecule has 0 saturated heterocycles. The molecule has 7 heteroatoms. The molecule has 0 radical (unpaired) electrons. The molecule has 3 N–H and O–H groups in total. The Hall–Kier alpha value is -3.48. The number of aromatic amines is 1. The van der Waals surface area contributed by atoms with Crippen molar-refractivity contribution in [2.75, 3.05) is 10.6 Å². The van der Waals surface area contributed by atoms with Crippen LogP contribution in [0.3, 0.4) is 0 Å². The summed E-state index contributed by atoms with van der Waals surface area (Å²) in [6, 6.07) is 8.97. The van der Waals surface area contributed by atoms with Crippen LogP contribution in [0.4, 0.5) is 11.6 Å². The third-order valence-corrected chi connectivity index (χ3v) is 5.61. The number of carbonyl (C=O) groups excluding carboxylic acids is 1. The van der Waals surface area contributed by atoms with Crippen molar-refractivity contribution in [1.29, 1.82) is 0 Å². The van der Waals surface area contributed by atoms with Gasteiger partial charge in [0.05, 0.1) is 0 Å². The standard InChI is InChI=1S/C24H30N6O/c1-13(2)25-20-10-8-19(9-11-20)22-17(6)15(4)21(16(5)18(22)7)12-14(3)23(31)26-24-27-29-30-28-24/h8-13,25H,1-7H3,(H2,26,27,28,29,30,31)/b14-12+. The van der Waals surface area contributed by atoms with E-state index in [2.05, 4.69) is 97.1 Å². The number of nitrogens with zero attached hydrogens (tertiary/aromatic N) is 3. The molecule has 0 saturated carbocycles. The minimum atomic E-state index is -0.245. The maximum atomic E-state index is 12.5. The Morgan fingerprint density at radius 1 is 1.00 bits per heavy atom. The first-order chi connectivity index (χ1) is 14.7. The largest absolute Gasteiger partial charge is 0.383 e. The lowest BCUT2D eigenvalue weighted by atomic mass is 9.85. The lowest BCUT2D eigenvalue weighted by Gasteiger charge is -2.20. The Bertz CT molecular complexity index is 1080. The van der Waals surface area contributed by atoms with Gasteiger partial charge in [0.2, 0.25) is 5.95 Å². The van der Waals surface area contributed by atoms with Crippen LogP contribution in [-0.4, -0.2) is 32.6 Å². The summed E-state index contributed by atoms with van der Waals surface area (Å²) in [6.07, 6.45) is 1.93. The van der Waals surface area contributed by atoms with E-state index in [4.69, 9.17) is 0 Å². The van der Waals surface area contributed by atoms with Crippen LogP contribution in [0.2, 0.25) is 0 Å². The molecule has 0 aliphatic heterocycles. The molecule has 0 fully saturated rings. The topological polar surface area (TPSA) is 95.6 Å². The fraction of sp³-hybridized carbons (Fsp3) is 0.333. The van der Waals surface area contributed by atoms with Gasteiger partial charge in [-0.05, 0) is 116 Å². The van der Waals surface area contributed by atoms with Crippen LogP contribution in [0.25, 0.3) is 17.2 Å². The van der Waals surface area contributed by atoms with Crippen LogP contribution >= 0.6 is 0 Å². The molecule has 0 atom stereocenters. The van der Waals surface area contributed by atoms with Gasteiger partial charge in [0.15, 0.2) is 0 Å². The first kappa shape index (κ1) is 22.2. The van der Waals surface area contributed by atoms with Gasteiger partial charge in [-0.15, -0.1) is 0 Å². The lowest BCUT2D eigenvalue weighted by Crippen LogP contribution is -2.14. The van der Waals surface area contributed by atoms with Gasteiger partial charge in [0, 0.05) is 17.3 Å². The average molecular weight is 419 g/mol. The highest BCUT2D eigenvalue weighted by Gasteiger charge is 2.16. The van der Waals surface area contributed by atoms with Crippen LogP contribution in [0.1, 0.15) is 48.6 Å². The number of anilines is 2. The lowest BCUT2D eigenvalue weighted by molar-refractivity contribution is -0.112. The number of benzene rings is 2. The van der Waals surface area contributed by atoms with Crippen LogP contribution in [0.5, 0.6) is 0 Å². The zero-order chi connectivity index (χ0) is 22.7. The summed E-state index contributed by atoms with van der Waals surface area (Å²) >= 11 is 0. The Kier molecular flexibility index (Phi) is 6.53. The third kappa shape index (κ3) is 4.82. The van der Waals surface area contributed by atoms with E-state index in [0.717, 1.165) is 22.4 Å². The quantitative estimate of drug-likeness (QED) is 0.492. The van der Waals surface area contributed by atoms with Crippen molar-refractivity contribution in [3.8, 4) is 11.1 Å². The van der Waals surface area contributed by atoms with Crippen LogP contribution in [0, 0.1) is 27.7 Å². The van der Waals surface area contributed by atoms with E-state index in [1.807, 2.05) is 6.08 Å². The summed E-state index contributed by atoms with van der Waals surface area (Å²) in [4.78, 5) is 12.5. The molecule has 0 aliphatic carbocycles. The molecule has 7 nitrogen and oxygen atoms in total. The van der Waals surface area contributed by atoms with E-state index in [-0.39, 0.29) is 11.9 Å².